The predicted octanol–water partition coefficient (Wildman–Crippen LogP) is 2.67. The summed E-state index contributed by atoms with van der Waals surface area (Å²) < 4.78 is 37.8. The molecule has 2 aromatic carbocycles. The van der Waals surface area contributed by atoms with E-state index in [2.05, 4.69) is 15.4 Å². The number of aliphatic hydroxyl groups is 2. The number of ether oxygens (including phenoxy) is 2. The molecule has 12 heteroatoms. The van der Waals surface area contributed by atoms with Gasteiger partial charge < -0.3 is 24.8 Å². The Hall–Kier alpha value is -3.84. The van der Waals surface area contributed by atoms with Gasteiger partial charge in [0.25, 0.3) is 0 Å². The summed E-state index contributed by atoms with van der Waals surface area (Å²) in [4.78, 5) is 12.1. The molecular formula is C26H28F2N4O6. The van der Waals surface area contributed by atoms with Gasteiger partial charge in [0.15, 0.2) is 6.73 Å². The normalized spacial score (nSPS) is 13.0. The second-order valence-corrected chi connectivity index (χ2v) is 8.23. The number of nitrogens with zero attached hydrogens (tertiary/aromatic N) is 4. The lowest BCUT2D eigenvalue weighted by Gasteiger charge is -2.14. The van der Waals surface area contributed by atoms with Crippen molar-refractivity contribution >= 4 is 17.1 Å². The molecule has 202 valence electrons. The lowest BCUT2D eigenvalue weighted by molar-refractivity contribution is -0.139. The van der Waals surface area contributed by atoms with Crippen LogP contribution in [0.1, 0.15) is 29.8 Å². The van der Waals surface area contributed by atoms with Crippen LogP contribution in [0.5, 0.6) is 0 Å². The number of aliphatic hydroxyl groups excluding tert-OH is 2. The molecule has 3 rings (SSSR count). The molecule has 0 aliphatic heterocycles. The third-order valence-electron chi connectivity index (χ3n) is 5.28. The zero-order valence-corrected chi connectivity index (χ0v) is 20.6. The Balaban J connectivity index is 2.08. The molecule has 2 atom stereocenters. The van der Waals surface area contributed by atoms with Gasteiger partial charge >= 0.3 is 5.97 Å². The molecule has 1 aromatic heterocycles. The number of benzene rings is 2. The van der Waals surface area contributed by atoms with Gasteiger partial charge in [0.2, 0.25) is 5.82 Å². The zero-order valence-electron chi connectivity index (χ0n) is 20.6. The number of aliphatic carboxylic acids is 1. The average molecular weight is 531 g/mol. The molecule has 0 fully saturated rings. The molecule has 0 unspecified atom stereocenters. The number of halogens is 2. The lowest BCUT2D eigenvalue weighted by atomic mass is 9.92. The molecule has 38 heavy (non-hydrogen) atoms. The van der Waals surface area contributed by atoms with E-state index in [0.717, 1.165) is 0 Å². The summed E-state index contributed by atoms with van der Waals surface area (Å²) in [6.45, 7) is 0.664. The number of hydrogen-bond donors (Lipinski definition) is 3. The number of carbonyl (C=O) groups is 1. The summed E-state index contributed by atoms with van der Waals surface area (Å²) in [7, 11) is 1.54. The van der Waals surface area contributed by atoms with E-state index in [4.69, 9.17) is 14.6 Å². The first kappa shape index (κ1) is 28.7. The Morgan fingerprint density at radius 3 is 2.18 bits per heavy atom. The first-order chi connectivity index (χ1) is 18.3. The SMILES string of the molecule is COCCOCn1nnc(C(/C=C/[C@@H](O)C[C@@H](O)CC(=O)O)=C(c2ccc(F)cc2)c2ccc(F)cc2)n1. The van der Waals surface area contributed by atoms with Gasteiger partial charge in [0.1, 0.15) is 11.6 Å². The molecule has 0 spiro atoms. The number of methoxy groups -OCH3 is 1. The third-order valence-corrected chi connectivity index (χ3v) is 5.28. The van der Waals surface area contributed by atoms with Crippen molar-refractivity contribution < 1.29 is 38.4 Å². The van der Waals surface area contributed by atoms with Gasteiger partial charge in [-0.1, -0.05) is 36.4 Å². The fourth-order valence-electron chi connectivity index (χ4n) is 3.52. The van der Waals surface area contributed by atoms with Gasteiger partial charge in [-0.05, 0) is 40.6 Å². The molecule has 10 nitrogen and oxygen atoms in total. The molecule has 0 saturated carbocycles. The van der Waals surface area contributed by atoms with Crippen molar-refractivity contribution in [2.75, 3.05) is 20.3 Å². The number of hydrogen-bond acceptors (Lipinski definition) is 8. The number of tetrazole rings is 1. The minimum Gasteiger partial charge on any atom is -0.481 e. The highest BCUT2D eigenvalue weighted by Crippen LogP contribution is 2.32. The van der Waals surface area contributed by atoms with Crippen LogP contribution >= 0.6 is 0 Å². The van der Waals surface area contributed by atoms with E-state index in [1.54, 1.807) is 7.11 Å². The molecule has 0 bridgehead atoms. The molecule has 3 N–H and O–H groups in total. The zero-order chi connectivity index (χ0) is 27.5. The van der Waals surface area contributed by atoms with Gasteiger partial charge in [-0.15, -0.1) is 15.0 Å². The van der Waals surface area contributed by atoms with E-state index in [-0.39, 0.29) is 19.0 Å². The Labute approximate surface area is 217 Å². The van der Waals surface area contributed by atoms with Crippen LogP contribution in [0.15, 0.2) is 60.7 Å². The van der Waals surface area contributed by atoms with E-state index in [1.165, 1.54) is 65.5 Å². The summed E-state index contributed by atoms with van der Waals surface area (Å²) in [6, 6.07) is 11.2. The van der Waals surface area contributed by atoms with E-state index < -0.39 is 36.2 Å². The van der Waals surface area contributed by atoms with Crippen molar-refractivity contribution in [1.29, 1.82) is 0 Å². The topological polar surface area (TPSA) is 140 Å². The molecule has 0 saturated heterocycles. The monoisotopic (exact) mass is 530 g/mol. The molecule has 0 amide bonds. The van der Waals surface area contributed by atoms with Crippen molar-refractivity contribution in [3.05, 3.63) is 89.3 Å². The minimum atomic E-state index is -1.27. The molecule has 0 radical (unpaired) electrons. The van der Waals surface area contributed by atoms with Gasteiger partial charge in [0.05, 0.1) is 31.8 Å². The Morgan fingerprint density at radius 1 is 1.03 bits per heavy atom. The highest BCUT2D eigenvalue weighted by atomic mass is 19.1. The second-order valence-electron chi connectivity index (χ2n) is 8.23. The number of aromatic nitrogens is 4. The highest BCUT2D eigenvalue weighted by Gasteiger charge is 2.19. The minimum absolute atomic E-state index is 0.0141. The Morgan fingerprint density at radius 2 is 1.63 bits per heavy atom. The fourth-order valence-corrected chi connectivity index (χ4v) is 3.52. The van der Waals surface area contributed by atoms with Crippen LogP contribution in [0.2, 0.25) is 0 Å². The van der Waals surface area contributed by atoms with E-state index in [1.807, 2.05) is 0 Å². The van der Waals surface area contributed by atoms with Gasteiger partial charge in [0, 0.05) is 24.7 Å². The molecular weight excluding hydrogens is 502 g/mol. The van der Waals surface area contributed by atoms with Crippen LogP contribution in [0.25, 0.3) is 11.1 Å². The van der Waals surface area contributed by atoms with Crippen LogP contribution in [0.3, 0.4) is 0 Å². The number of rotatable bonds is 14. The second kappa shape index (κ2) is 14.2. The van der Waals surface area contributed by atoms with Crippen molar-refractivity contribution in [2.45, 2.75) is 31.8 Å². The van der Waals surface area contributed by atoms with Crippen LogP contribution in [0, 0.1) is 11.6 Å². The fraction of sp³-hybridized carbons (Fsp3) is 0.308. The first-order valence-electron chi connectivity index (χ1n) is 11.6. The Bertz CT molecular complexity index is 1200. The van der Waals surface area contributed by atoms with Crippen LogP contribution < -0.4 is 0 Å². The molecule has 3 aromatic rings. The summed E-state index contributed by atoms with van der Waals surface area (Å²) in [5, 5.41) is 41.6. The summed E-state index contributed by atoms with van der Waals surface area (Å²) >= 11 is 0. The highest BCUT2D eigenvalue weighted by molar-refractivity contribution is 6.00. The smallest absolute Gasteiger partial charge is 0.305 e. The van der Waals surface area contributed by atoms with Crippen molar-refractivity contribution in [3.63, 3.8) is 0 Å². The first-order valence-corrected chi connectivity index (χ1v) is 11.6. The summed E-state index contributed by atoms with van der Waals surface area (Å²) in [6.07, 6.45) is -0.392. The maximum absolute atomic E-state index is 13.7. The van der Waals surface area contributed by atoms with Crippen LogP contribution in [0.4, 0.5) is 8.78 Å². The average Bonchev–Trinajstić information content (AvgIpc) is 3.34. The van der Waals surface area contributed by atoms with Crippen molar-refractivity contribution in [1.82, 2.24) is 20.2 Å². The summed E-state index contributed by atoms with van der Waals surface area (Å²) in [5.41, 5.74) is 1.93. The van der Waals surface area contributed by atoms with Gasteiger partial charge in [-0.2, -0.15) is 0 Å². The molecule has 0 aliphatic rings. The summed E-state index contributed by atoms with van der Waals surface area (Å²) in [5.74, 6) is -1.98. The largest absolute Gasteiger partial charge is 0.481 e. The van der Waals surface area contributed by atoms with E-state index >= 15 is 0 Å². The van der Waals surface area contributed by atoms with Crippen LogP contribution in [-0.4, -0.2) is 74.0 Å². The predicted molar refractivity (Wildman–Crippen MR) is 132 cm³/mol. The standard InChI is InChI=1S/C26H28F2N4O6/c1-37-12-13-38-16-32-30-26(29-31-32)23(11-10-21(33)14-22(34)15-24(35)36)25(17-2-6-19(27)7-3-17)18-4-8-20(28)9-5-18/h2-11,21-22,33-34H,12-16H2,1H3,(H,35,36)/b11-10+/t21-,22-/m1/s1. The van der Waals surface area contributed by atoms with Crippen molar-refractivity contribution in [2.24, 2.45) is 0 Å². The van der Waals surface area contributed by atoms with Crippen molar-refractivity contribution in [3.8, 4) is 0 Å². The maximum atomic E-state index is 13.7. The van der Waals surface area contributed by atoms with E-state index in [0.29, 0.717) is 35.5 Å². The Kier molecular flexibility index (Phi) is 10.7. The molecule has 0 aliphatic carbocycles. The maximum Gasteiger partial charge on any atom is 0.305 e. The number of allylic oxidation sites excluding steroid dienone is 2. The van der Waals surface area contributed by atoms with Crippen LogP contribution in [-0.2, 0) is 21.0 Å². The number of carboxylic acids is 1. The van der Waals surface area contributed by atoms with Gasteiger partial charge in [-0.3, -0.25) is 4.79 Å². The molecule has 1 heterocycles. The van der Waals surface area contributed by atoms with E-state index in [9.17, 15) is 23.8 Å². The lowest BCUT2D eigenvalue weighted by Crippen LogP contribution is -2.19. The number of carboxylic acid groups (broad SMARTS) is 1. The quantitative estimate of drug-likeness (QED) is 0.212. The van der Waals surface area contributed by atoms with Gasteiger partial charge in [-0.25, -0.2) is 8.78 Å². The third kappa shape index (κ3) is 8.63.